The summed E-state index contributed by atoms with van der Waals surface area (Å²) < 4.78 is 62.1. The van der Waals surface area contributed by atoms with Crippen molar-refractivity contribution in [2.24, 2.45) is 0 Å². The van der Waals surface area contributed by atoms with Gasteiger partial charge in [0.25, 0.3) is 0 Å². The van der Waals surface area contributed by atoms with Crippen molar-refractivity contribution >= 4 is 21.9 Å². The minimum atomic E-state index is -0.473. The van der Waals surface area contributed by atoms with E-state index in [1.54, 1.807) is 18.2 Å². The molecule has 0 fully saturated rings. The molecule has 0 amide bonds. The van der Waals surface area contributed by atoms with Crippen LogP contribution in [0, 0.1) is 6.92 Å². The van der Waals surface area contributed by atoms with E-state index >= 15 is 0 Å². The Morgan fingerprint density at radius 1 is 0.900 bits per heavy atom. The minimum Gasteiger partial charge on any atom is -0.456 e. The normalized spacial score (nSPS) is 16.1. The average molecular weight is 265 g/mol. The molecule has 0 saturated heterocycles. The fraction of sp³-hybridized carbons (Fsp3) is 0.0526. The molecule has 0 unspecified atom stereocenters. The first-order valence-electron chi connectivity index (χ1n) is 9.73. The number of aryl methyl sites for hydroxylation is 1. The highest BCUT2D eigenvalue weighted by Gasteiger charge is 2.09. The number of hydrogen-bond acceptors (Lipinski definition) is 1. The van der Waals surface area contributed by atoms with Gasteiger partial charge in [0.15, 0.2) is 0 Å². The Morgan fingerprint density at radius 2 is 1.75 bits per heavy atom. The van der Waals surface area contributed by atoms with E-state index in [1.165, 1.54) is 0 Å². The van der Waals surface area contributed by atoms with Crippen LogP contribution in [-0.2, 0) is 0 Å². The number of furan rings is 1. The van der Waals surface area contributed by atoms with Gasteiger partial charge in [-0.05, 0) is 41.8 Å². The van der Waals surface area contributed by atoms with Gasteiger partial charge in [0.1, 0.15) is 11.2 Å². The van der Waals surface area contributed by atoms with Crippen molar-refractivity contribution in [3.05, 3.63) is 72.1 Å². The van der Waals surface area contributed by atoms with Gasteiger partial charge in [-0.3, -0.25) is 0 Å². The minimum absolute atomic E-state index is 0.0313. The third-order valence-corrected chi connectivity index (χ3v) is 3.32. The maximum Gasteiger partial charge on any atom is 0.136 e. The number of fused-ring (bicyclic) bond motifs is 3. The Balaban J connectivity index is 2.12. The summed E-state index contributed by atoms with van der Waals surface area (Å²) in [5.74, 6) is 0. The molecule has 0 aliphatic carbocycles. The van der Waals surface area contributed by atoms with E-state index in [4.69, 9.17) is 14.0 Å². The predicted molar refractivity (Wildman–Crippen MR) is 83.9 cm³/mol. The highest BCUT2D eigenvalue weighted by Crippen LogP contribution is 2.33. The molecule has 1 heterocycles. The van der Waals surface area contributed by atoms with Crippen molar-refractivity contribution in [3.63, 3.8) is 0 Å². The highest BCUT2D eigenvalue weighted by atomic mass is 16.3. The second kappa shape index (κ2) is 4.24. The van der Waals surface area contributed by atoms with Crippen LogP contribution in [-0.4, -0.2) is 0 Å². The zero-order chi connectivity index (χ0) is 19.6. The van der Waals surface area contributed by atoms with Crippen LogP contribution in [0.5, 0.6) is 0 Å². The Bertz CT molecular complexity index is 1230. The van der Waals surface area contributed by atoms with Crippen molar-refractivity contribution in [2.45, 2.75) is 6.92 Å². The predicted octanol–water partition coefficient (Wildman–Crippen LogP) is 5.56. The van der Waals surface area contributed by atoms with Crippen LogP contribution in [0.15, 0.2) is 71.0 Å². The number of hydrogen-bond donors (Lipinski definition) is 0. The molecule has 0 radical (unpaired) electrons. The zero-order valence-electron chi connectivity index (χ0n) is 17.7. The molecule has 0 aliphatic heterocycles. The van der Waals surface area contributed by atoms with Gasteiger partial charge in [-0.15, -0.1) is 0 Å². The summed E-state index contributed by atoms with van der Waals surface area (Å²) in [5.41, 5.74) is 1.68. The first-order valence-corrected chi connectivity index (χ1v) is 6.23. The third-order valence-electron chi connectivity index (χ3n) is 3.32. The lowest BCUT2D eigenvalue weighted by Crippen LogP contribution is -1.77. The molecule has 0 bridgehead atoms. The van der Waals surface area contributed by atoms with Gasteiger partial charge in [-0.1, -0.05) is 48.4 Å². The van der Waals surface area contributed by atoms with Gasteiger partial charge < -0.3 is 4.42 Å². The lowest BCUT2D eigenvalue weighted by molar-refractivity contribution is 0.669. The largest absolute Gasteiger partial charge is 0.456 e. The van der Waals surface area contributed by atoms with Gasteiger partial charge in [0.05, 0.1) is 9.60 Å². The number of rotatable bonds is 1. The van der Waals surface area contributed by atoms with E-state index in [2.05, 4.69) is 0 Å². The molecular weight excluding hydrogens is 244 g/mol. The smallest absolute Gasteiger partial charge is 0.136 e. The van der Waals surface area contributed by atoms with Crippen LogP contribution in [0.2, 0.25) is 0 Å². The third kappa shape index (κ3) is 1.64. The summed E-state index contributed by atoms with van der Waals surface area (Å²) in [5, 5.41) is 1.41. The van der Waals surface area contributed by atoms with Gasteiger partial charge >= 0.3 is 0 Å². The molecule has 20 heavy (non-hydrogen) atoms. The monoisotopic (exact) mass is 265 g/mol. The standard InChI is InChI=1S/C19H14O/c1-13-6-5-9-17-19(13)16-11-10-15(12-18(16)20-17)14-7-3-2-4-8-14/h2-12H,1H3/i2D,3D,4D,7D,8D,9D,12D. The van der Waals surface area contributed by atoms with Crippen LogP contribution in [0.4, 0.5) is 0 Å². The Kier molecular flexibility index (Phi) is 1.33. The van der Waals surface area contributed by atoms with E-state index in [1.807, 2.05) is 13.0 Å². The van der Waals surface area contributed by atoms with E-state index in [-0.39, 0.29) is 40.9 Å². The molecule has 0 atom stereocenters. The molecule has 96 valence electrons. The summed E-state index contributed by atoms with van der Waals surface area (Å²) in [6.07, 6.45) is 0. The molecule has 1 aromatic heterocycles. The van der Waals surface area contributed by atoms with Crippen LogP contribution in [0.25, 0.3) is 33.1 Å². The average Bonchev–Trinajstić information content (AvgIpc) is 3.05. The molecule has 3 aromatic carbocycles. The van der Waals surface area contributed by atoms with E-state index in [0.717, 1.165) is 10.9 Å². The lowest BCUT2D eigenvalue weighted by Gasteiger charge is -2.01. The molecule has 0 aliphatic rings. The highest BCUT2D eigenvalue weighted by molar-refractivity contribution is 6.07. The van der Waals surface area contributed by atoms with Crippen molar-refractivity contribution in [1.29, 1.82) is 0 Å². The summed E-state index contributed by atoms with van der Waals surface area (Å²) in [6.45, 7) is 1.89. The van der Waals surface area contributed by atoms with E-state index in [0.29, 0.717) is 11.0 Å². The Morgan fingerprint density at radius 3 is 2.60 bits per heavy atom. The maximum absolute atomic E-state index is 8.55. The fourth-order valence-electron chi connectivity index (χ4n) is 2.38. The first-order chi connectivity index (χ1) is 12.7. The fourth-order valence-corrected chi connectivity index (χ4v) is 2.38. The lowest BCUT2D eigenvalue weighted by atomic mass is 10.0. The van der Waals surface area contributed by atoms with Gasteiger partial charge in [0.2, 0.25) is 0 Å². The Hall–Kier alpha value is -2.54. The molecule has 1 nitrogen and oxygen atoms in total. The molecule has 0 spiro atoms. The summed E-state index contributed by atoms with van der Waals surface area (Å²) >= 11 is 0. The maximum atomic E-state index is 8.55. The Labute approximate surface area is 127 Å². The molecular formula is C19H14O. The molecule has 0 saturated carbocycles. The quantitative estimate of drug-likeness (QED) is 0.439. The molecule has 4 aromatic rings. The van der Waals surface area contributed by atoms with Crippen molar-refractivity contribution < 1.29 is 14.0 Å². The van der Waals surface area contributed by atoms with Crippen molar-refractivity contribution in [1.82, 2.24) is 0 Å². The second-order valence-electron chi connectivity index (χ2n) is 4.58. The van der Waals surface area contributed by atoms with Crippen LogP contribution < -0.4 is 0 Å². The SMILES string of the molecule is [2H]c1c([2H])c([2H])c(-c2ccc3c(oc4c([2H])ccc(C)c43)c2[2H])c([2H])c1[2H]. The molecule has 1 heteroatoms. The van der Waals surface area contributed by atoms with Crippen molar-refractivity contribution in [3.8, 4) is 11.1 Å². The topological polar surface area (TPSA) is 13.1 Å². The second-order valence-corrected chi connectivity index (χ2v) is 4.58. The van der Waals surface area contributed by atoms with Gasteiger partial charge in [0, 0.05) is 10.8 Å². The molecule has 4 rings (SSSR count). The first kappa shape index (κ1) is 6.27. The molecule has 0 N–H and O–H groups in total. The van der Waals surface area contributed by atoms with Crippen LogP contribution in [0.1, 0.15) is 15.2 Å². The zero-order valence-corrected chi connectivity index (χ0v) is 10.7. The van der Waals surface area contributed by atoms with Crippen molar-refractivity contribution in [2.75, 3.05) is 0 Å². The number of benzene rings is 3. The van der Waals surface area contributed by atoms with Crippen LogP contribution in [0.3, 0.4) is 0 Å². The summed E-state index contributed by atoms with van der Waals surface area (Å²) in [7, 11) is 0. The summed E-state index contributed by atoms with van der Waals surface area (Å²) in [4.78, 5) is 0. The van der Waals surface area contributed by atoms with E-state index in [9.17, 15) is 0 Å². The van der Waals surface area contributed by atoms with E-state index < -0.39 is 18.1 Å². The van der Waals surface area contributed by atoms with Gasteiger partial charge in [-0.25, -0.2) is 0 Å². The van der Waals surface area contributed by atoms with Gasteiger partial charge in [-0.2, -0.15) is 0 Å². The van der Waals surface area contributed by atoms with Crippen LogP contribution >= 0.6 is 0 Å². The summed E-state index contributed by atoms with van der Waals surface area (Å²) in [6, 6.07) is 4.78.